The summed E-state index contributed by atoms with van der Waals surface area (Å²) in [6.07, 6.45) is 4.52. The molecule has 1 rings (SSSR count). The Kier molecular flexibility index (Phi) is 3.48. The molecule has 0 saturated heterocycles. The third kappa shape index (κ3) is 2.18. The summed E-state index contributed by atoms with van der Waals surface area (Å²) in [6, 6.07) is 0. The van der Waals surface area contributed by atoms with Gasteiger partial charge in [0.1, 0.15) is 5.78 Å². The lowest BCUT2D eigenvalue weighted by atomic mass is 10.0. The van der Waals surface area contributed by atoms with Gasteiger partial charge in [0.25, 0.3) is 0 Å². The molecule has 12 heavy (non-hydrogen) atoms. The summed E-state index contributed by atoms with van der Waals surface area (Å²) >= 11 is 0. The van der Waals surface area contributed by atoms with Crippen LogP contribution in [0, 0.1) is 11.8 Å². The van der Waals surface area contributed by atoms with Crippen LogP contribution >= 0.6 is 0 Å². The molecule has 1 saturated carbocycles. The molecule has 1 aliphatic rings. The summed E-state index contributed by atoms with van der Waals surface area (Å²) in [6.45, 7) is 4.63. The number of carbonyl (C=O) groups excluding carboxylic acids is 1. The second kappa shape index (κ2) is 4.41. The number of nitrogens with one attached hydrogen (secondary N) is 1. The predicted molar refractivity (Wildman–Crippen MR) is 50.0 cm³/mol. The zero-order valence-electron chi connectivity index (χ0n) is 7.68. The van der Waals surface area contributed by atoms with Gasteiger partial charge in [-0.25, -0.2) is 0 Å². The van der Waals surface area contributed by atoms with Crippen LogP contribution in [-0.2, 0) is 4.79 Å². The molecule has 0 bridgehead atoms. The highest BCUT2D eigenvalue weighted by Gasteiger charge is 2.30. The molecule has 1 N–H and O–H groups in total. The summed E-state index contributed by atoms with van der Waals surface area (Å²) in [7, 11) is 1.94. The second-order valence-corrected chi connectivity index (χ2v) is 3.55. The normalized spacial score (nSPS) is 29.2. The van der Waals surface area contributed by atoms with Crippen molar-refractivity contribution in [2.75, 3.05) is 13.6 Å². The van der Waals surface area contributed by atoms with Crippen LogP contribution in [0.5, 0.6) is 0 Å². The van der Waals surface area contributed by atoms with E-state index in [2.05, 4.69) is 11.9 Å². The predicted octanol–water partition coefficient (Wildman–Crippen LogP) is 1.38. The molecule has 0 spiro atoms. The van der Waals surface area contributed by atoms with Crippen LogP contribution < -0.4 is 5.32 Å². The maximum absolute atomic E-state index is 11.4. The molecule has 1 unspecified atom stereocenters. The number of Topliss-reactive ketones (excluding diaryl/α,β-unsaturated/α-hetero) is 1. The van der Waals surface area contributed by atoms with Gasteiger partial charge in [-0.3, -0.25) is 4.79 Å². The Balaban J connectivity index is 2.38. The molecule has 2 nitrogen and oxygen atoms in total. The number of allylic oxidation sites excluding steroid dienone is 1. The third-order valence-electron chi connectivity index (χ3n) is 2.51. The average Bonchev–Trinajstić information content (AvgIpc) is 2.34. The monoisotopic (exact) mass is 167 g/mol. The Bertz CT molecular complexity index is 177. The molecule has 1 fully saturated rings. The maximum Gasteiger partial charge on any atom is 0.136 e. The largest absolute Gasteiger partial charge is 0.319 e. The lowest BCUT2D eigenvalue weighted by molar-refractivity contribution is -0.120. The summed E-state index contributed by atoms with van der Waals surface area (Å²) in [5, 5.41) is 3.11. The topological polar surface area (TPSA) is 29.1 Å². The minimum atomic E-state index is 0.265. The van der Waals surface area contributed by atoms with Crippen molar-refractivity contribution in [3.63, 3.8) is 0 Å². The molecule has 0 heterocycles. The van der Waals surface area contributed by atoms with E-state index in [1.165, 1.54) is 0 Å². The Labute approximate surface area is 74.0 Å². The SMILES string of the molecule is C=CCC1C[C@H](CNC)CC1=O. The number of ketones is 1. The Morgan fingerprint density at radius 2 is 2.50 bits per heavy atom. The lowest BCUT2D eigenvalue weighted by Crippen LogP contribution is -2.16. The summed E-state index contributed by atoms with van der Waals surface area (Å²) in [5.41, 5.74) is 0. The molecule has 0 radical (unpaired) electrons. The van der Waals surface area contributed by atoms with E-state index in [4.69, 9.17) is 0 Å². The van der Waals surface area contributed by atoms with Crippen LogP contribution in [0.15, 0.2) is 12.7 Å². The van der Waals surface area contributed by atoms with E-state index in [-0.39, 0.29) is 5.92 Å². The van der Waals surface area contributed by atoms with Crippen molar-refractivity contribution in [2.24, 2.45) is 11.8 Å². The average molecular weight is 167 g/mol. The summed E-state index contributed by atoms with van der Waals surface area (Å²) in [4.78, 5) is 11.4. The van der Waals surface area contributed by atoms with Crippen molar-refractivity contribution in [3.8, 4) is 0 Å². The van der Waals surface area contributed by atoms with Crippen LogP contribution in [0.2, 0.25) is 0 Å². The van der Waals surface area contributed by atoms with Crippen molar-refractivity contribution in [3.05, 3.63) is 12.7 Å². The van der Waals surface area contributed by atoms with E-state index in [9.17, 15) is 4.79 Å². The first kappa shape index (κ1) is 9.46. The van der Waals surface area contributed by atoms with Crippen LogP contribution in [0.1, 0.15) is 19.3 Å². The number of carbonyl (C=O) groups is 1. The molecule has 0 aromatic carbocycles. The van der Waals surface area contributed by atoms with Crippen molar-refractivity contribution >= 4 is 5.78 Å². The van der Waals surface area contributed by atoms with Crippen LogP contribution in [-0.4, -0.2) is 19.4 Å². The molecular weight excluding hydrogens is 150 g/mol. The fourth-order valence-electron chi connectivity index (χ4n) is 1.94. The van der Waals surface area contributed by atoms with Gasteiger partial charge >= 0.3 is 0 Å². The van der Waals surface area contributed by atoms with Crippen LogP contribution in [0.4, 0.5) is 0 Å². The van der Waals surface area contributed by atoms with E-state index in [0.717, 1.165) is 25.8 Å². The van der Waals surface area contributed by atoms with Crippen molar-refractivity contribution < 1.29 is 4.79 Å². The van der Waals surface area contributed by atoms with E-state index in [0.29, 0.717) is 11.7 Å². The van der Waals surface area contributed by atoms with Gasteiger partial charge in [-0.05, 0) is 32.4 Å². The summed E-state index contributed by atoms with van der Waals surface area (Å²) in [5.74, 6) is 1.25. The van der Waals surface area contributed by atoms with Gasteiger partial charge in [0.05, 0.1) is 0 Å². The minimum absolute atomic E-state index is 0.265. The highest BCUT2D eigenvalue weighted by atomic mass is 16.1. The quantitative estimate of drug-likeness (QED) is 0.641. The Morgan fingerprint density at radius 3 is 3.08 bits per heavy atom. The van der Waals surface area contributed by atoms with Gasteiger partial charge in [0.2, 0.25) is 0 Å². The van der Waals surface area contributed by atoms with Gasteiger partial charge in [0.15, 0.2) is 0 Å². The van der Waals surface area contributed by atoms with Crippen molar-refractivity contribution in [1.29, 1.82) is 0 Å². The molecule has 2 atom stereocenters. The van der Waals surface area contributed by atoms with E-state index in [1.807, 2.05) is 13.1 Å². The standard InChI is InChI=1S/C10H17NO/c1-3-4-9-5-8(7-11-2)6-10(9)12/h3,8-9,11H,1,4-7H2,2H3/t8-,9?/m0/s1. The van der Waals surface area contributed by atoms with Crippen LogP contribution in [0.25, 0.3) is 0 Å². The summed E-state index contributed by atoms with van der Waals surface area (Å²) < 4.78 is 0. The molecule has 0 aliphatic heterocycles. The van der Waals surface area contributed by atoms with Gasteiger partial charge in [0, 0.05) is 12.3 Å². The van der Waals surface area contributed by atoms with E-state index >= 15 is 0 Å². The first-order valence-electron chi connectivity index (χ1n) is 4.56. The van der Waals surface area contributed by atoms with Crippen molar-refractivity contribution in [2.45, 2.75) is 19.3 Å². The van der Waals surface area contributed by atoms with Crippen LogP contribution in [0.3, 0.4) is 0 Å². The number of hydrogen-bond acceptors (Lipinski definition) is 2. The minimum Gasteiger partial charge on any atom is -0.319 e. The van der Waals surface area contributed by atoms with Gasteiger partial charge < -0.3 is 5.32 Å². The molecule has 1 aliphatic carbocycles. The third-order valence-corrected chi connectivity index (χ3v) is 2.51. The van der Waals surface area contributed by atoms with Crippen molar-refractivity contribution in [1.82, 2.24) is 5.32 Å². The zero-order valence-corrected chi connectivity index (χ0v) is 7.68. The van der Waals surface area contributed by atoms with E-state index in [1.54, 1.807) is 0 Å². The van der Waals surface area contributed by atoms with Gasteiger partial charge in [-0.15, -0.1) is 6.58 Å². The first-order chi connectivity index (χ1) is 5.77. The zero-order chi connectivity index (χ0) is 8.97. The highest BCUT2D eigenvalue weighted by Crippen LogP contribution is 2.29. The lowest BCUT2D eigenvalue weighted by Gasteiger charge is -2.06. The second-order valence-electron chi connectivity index (χ2n) is 3.55. The van der Waals surface area contributed by atoms with E-state index < -0.39 is 0 Å². The molecule has 68 valence electrons. The maximum atomic E-state index is 11.4. The Hall–Kier alpha value is -0.630. The molecular formula is C10H17NO. The highest BCUT2D eigenvalue weighted by molar-refractivity contribution is 5.83. The Morgan fingerprint density at radius 1 is 1.75 bits per heavy atom. The van der Waals surface area contributed by atoms with Gasteiger partial charge in [-0.2, -0.15) is 0 Å². The molecule has 0 aromatic heterocycles. The number of hydrogen-bond donors (Lipinski definition) is 1. The van der Waals surface area contributed by atoms with Gasteiger partial charge in [-0.1, -0.05) is 6.08 Å². The fraction of sp³-hybridized carbons (Fsp3) is 0.700. The first-order valence-corrected chi connectivity index (χ1v) is 4.56. The molecule has 0 amide bonds. The molecule has 2 heteroatoms. The number of rotatable bonds is 4. The fourth-order valence-corrected chi connectivity index (χ4v) is 1.94. The molecule has 0 aromatic rings. The smallest absolute Gasteiger partial charge is 0.136 e.